The van der Waals surface area contributed by atoms with Crippen molar-refractivity contribution in [1.82, 2.24) is 9.88 Å². The zero-order valence-corrected chi connectivity index (χ0v) is 20.3. The highest BCUT2D eigenvalue weighted by molar-refractivity contribution is 5.85. The van der Waals surface area contributed by atoms with E-state index in [1.54, 1.807) is 0 Å². The minimum absolute atomic E-state index is 0.166. The van der Waals surface area contributed by atoms with Crippen LogP contribution in [0.1, 0.15) is 43.4 Å². The van der Waals surface area contributed by atoms with Crippen LogP contribution in [0.4, 0.5) is 0 Å². The summed E-state index contributed by atoms with van der Waals surface area (Å²) in [6.07, 6.45) is 5.40. The smallest absolute Gasteiger partial charge is 0.310 e. The molecule has 2 bridgehead atoms. The van der Waals surface area contributed by atoms with Crippen molar-refractivity contribution < 1.29 is 9.53 Å². The van der Waals surface area contributed by atoms with Crippen molar-refractivity contribution in [3.05, 3.63) is 90.1 Å². The van der Waals surface area contributed by atoms with E-state index in [0.29, 0.717) is 5.92 Å². The number of piperidine rings is 3. The average Bonchev–Trinajstić information content (AvgIpc) is 2.91. The average molecular weight is 465 g/mol. The summed E-state index contributed by atoms with van der Waals surface area (Å²) < 4.78 is 6.41. The van der Waals surface area contributed by atoms with Gasteiger partial charge in [0.25, 0.3) is 0 Å². The lowest BCUT2D eigenvalue weighted by atomic mass is 9.72. The first kappa shape index (κ1) is 22.2. The Bertz CT molecular complexity index is 1360. The second kappa shape index (κ2) is 9.43. The molecular weight excluding hydrogens is 432 g/mol. The molecule has 0 amide bonds. The van der Waals surface area contributed by atoms with E-state index in [1.807, 2.05) is 42.6 Å². The van der Waals surface area contributed by atoms with Crippen LogP contribution in [0, 0.1) is 11.8 Å². The number of hydrogen-bond donors (Lipinski definition) is 0. The lowest BCUT2D eigenvalue weighted by Gasteiger charge is -2.51. The van der Waals surface area contributed by atoms with Gasteiger partial charge in [-0.25, -0.2) is 0 Å². The van der Waals surface area contributed by atoms with E-state index in [9.17, 15) is 4.79 Å². The van der Waals surface area contributed by atoms with Crippen molar-refractivity contribution in [2.45, 2.75) is 44.8 Å². The Kier molecular flexibility index (Phi) is 5.99. The predicted molar refractivity (Wildman–Crippen MR) is 140 cm³/mol. The molecule has 1 aromatic heterocycles. The summed E-state index contributed by atoms with van der Waals surface area (Å²) in [4.78, 5) is 20.5. The van der Waals surface area contributed by atoms with E-state index in [0.717, 1.165) is 52.8 Å². The number of hydrogen-bond acceptors (Lipinski definition) is 4. The largest absolute Gasteiger partial charge is 0.456 e. The second-order valence-electron chi connectivity index (χ2n) is 10.2. The van der Waals surface area contributed by atoms with Crippen molar-refractivity contribution in [3.8, 4) is 0 Å². The molecule has 4 aromatic rings. The molecule has 2 unspecified atom stereocenters. The first-order chi connectivity index (χ1) is 17.2. The topological polar surface area (TPSA) is 42.4 Å². The van der Waals surface area contributed by atoms with Crippen LogP contribution in [0.15, 0.2) is 79.0 Å². The molecule has 0 N–H and O–H groups in total. The molecule has 178 valence electrons. The predicted octanol–water partition coefficient (Wildman–Crippen LogP) is 6.34. The molecule has 0 spiro atoms. The van der Waals surface area contributed by atoms with Crippen LogP contribution in [0.2, 0.25) is 0 Å². The van der Waals surface area contributed by atoms with Gasteiger partial charge in [0.15, 0.2) is 0 Å². The molecule has 0 saturated carbocycles. The van der Waals surface area contributed by atoms with Gasteiger partial charge in [-0.15, -0.1) is 0 Å². The molecule has 3 aromatic carbocycles. The number of esters is 1. The van der Waals surface area contributed by atoms with E-state index in [4.69, 9.17) is 4.74 Å². The van der Waals surface area contributed by atoms with Crippen LogP contribution in [0.5, 0.6) is 0 Å². The molecule has 3 fully saturated rings. The number of carbonyl (C=O) groups excluding carboxylic acids is 1. The minimum Gasteiger partial charge on any atom is -0.456 e. The van der Waals surface area contributed by atoms with Gasteiger partial charge in [-0.3, -0.25) is 14.7 Å². The number of carbonyl (C=O) groups is 1. The third-order valence-corrected chi connectivity index (χ3v) is 8.22. The summed E-state index contributed by atoms with van der Waals surface area (Å²) in [6, 6.07) is 24.9. The Morgan fingerprint density at radius 2 is 1.89 bits per heavy atom. The molecule has 7 rings (SSSR count). The fraction of sp³-hybridized carbons (Fsp3) is 0.355. The summed E-state index contributed by atoms with van der Waals surface area (Å²) in [7, 11) is 0. The Morgan fingerprint density at radius 1 is 1.06 bits per heavy atom. The number of fused-ring (bicyclic) bond motifs is 5. The van der Waals surface area contributed by atoms with Gasteiger partial charge >= 0.3 is 5.97 Å². The normalized spacial score (nSPS) is 24.5. The molecule has 35 heavy (non-hydrogen) atoms. The van der Waals surface area contributed by atoms with Crippen LogP contribution in [-0.2, 0) is 16.0 Å². The molecule has 0 aliphatic carbocycles. The zero-order chi connectivity index (χ0) is 23.8. The van der Waals surface area contributed by atoms with Gasteiger partial charge in [-0.1, -0.05) is 74.0 Å². The number of ether oxygens (including phenoxy) is 1. The molecule has 4 heteroatoms. The molecule has 3 aliphatic heterocycles. The van der Waals surface area contributed by atoms with Crippen LogP contribution >= 0.6 is 0 Å². The number of aromatic nitrogens is 1. The van der Waals surface area contributed by atoms with Crippen LogP contribution in [0.3, 0.4) is 0 Å². The fourth-order valence-electron chi connectivity index (χ4n) is 6.37. The van der Waals surface area contributed by atoms with Gasteiger partial charge in [0, 0.05) is 23.7 Å². The summed E-state index contributed by atoms with van der Waals surface area (Å²) in [6.45, 7) is 4.50. The van der Waals surface area contributed by atoms with E-state index < -0.39 is 0 Å². The number of benzene rings is 3. The Labute approximate surface area is 206 Å². The van der Waals surface area contributed by atoms with Crippen molar-refractivity contribution in [2.24, 2.45) is 11.8 Å². The van der Waals surface area contributed by atoms with Crippen molar-refractivity contribution in [2.75, 3.05) is 13.1 Å². The highest BCUT2D eigenvalue weighted by Crippen LogP contribution is 2.44. The van der Waals surface area contributed by atoms with Gasteiger partial charge in [0.1, 0.15) is 6.10 Å². The number of rotatable bonds is 6. The lowest BCUT2D eigenvalue weighted by Crippen LogP contribution is -2.55. The summed E-state index contributed by atoms with van der Waals surface area (Å²) >= 11 is 0. The Balaban J connectivity index is 1.32. The monoisotopic (exact) mass is 464 g/mol. The second-order valence-corrected chi connectivity index (χ2v) is 10.2. The first-order valence-corrected chi connectivity index (χ1v) is 12.9. The van der Waals surface area contributed by atoms with Crippen LogP contribution < -0.4 is 0 Å². The third-order valence-electron chi connectivity index (χ3n) is 8.22. The molecule has 3 saturated heterocycles. The van der Waals surface area contributed by atoms with Gasteiger partial charge in [-0.2, -0.15) is 0 Å². The fourth-order valence-corrected chi connectivity index (χ4v) is 6.37. The van der Waals surface area contributed by atoms with E-state index >= 15 is 0 Å². The van der Waals surface area contributed by atoms with E-state index in [-0.39, 0.29) is 24.5 Å². The minimum atomic E-state index is -0.295. The molecule has 4 nitrogen and oxygen atoms in total. The molecular formula is C31H32N2O2. The maximum Gasteiger partial charge on any atom is 0.310 e. The highest BCUT2D eigenvalue weighted by Gasteiger charge is 2.44. The van der Waals surface area contributed by atoms with Crippen molar-refractivity contribution in [1.29, 1.82) is 0 Å². The Hall–Kier alpha value is -3.24. The Morgan fingerprint density at radius 3 is 2.71 bits per heavy atom. The zero-order valence-electron chi connectivity index (χ0n) is 20.3. The van der Waals surface area contributed by atoms with E-state index in [1.165, 1.54) is 18.2 Å². The lowest BCUT2D eigenvalue weighted by molar-refractivity contribution is -0.157. The van der Waals surface area contributed by atoms with Crippen LogP contribution in [-0.4, -0.2) is 35.0 Å². The molecule has 0 radical (unpaired) electrons. The highest BCUT2D eigenvalue weighted by atomic mass is 16.5. The summed E-state index contributed by atoms with van der Waals surface area (Å²) in [5.74, 6) is 1.30. The van der Waals surface area contributed by atoms with Gasteiger partial charge in [0.05, 0.1) is 18.0 Å². The first-order valence-electron chi connectivity index (χ1n) is 12.9. The van der Waals surface area contributed by atoms with Crippen LogP contribution in [0.25, 0.3) is 21.7 Å². The van der Waals surface area contributed by atoms with Gasteiger partial charge in [-0.05, 0) is 59.7 Å². The van der Waals surface area contributed by atoms with Crippen molar-refractivity contribution >= 4 is 27.6 Å². The van der Waals surface area contributed by atoms with E-state index in [2.05, 4.69) is 53.2 Å². The standard InChI is InChI=1S/C31H32N2O2/c1-2-22-20-33-16-14-25(22)19-29(33)31(27-13-15-32-28-10-6-5-9-26(27)28)35-30(34)18-21-11-12-23-7-3-4-8-24(23)17-21/h3-13,15,17,22,25,29,31H,2,14,16,18-20H2,1H3/t22-,25?,29+,31-/m0/s1. The maximum absolute atomic E-state index is 13.4. The molecule has 5 atom stereocenters. The molecule has 4 heterocycles. The summed E-state index contributed by atoms with van der Waals surface area (Å²) in [5.41, 5.74) is 3.01. The number of para-hydroxylation sites is 1. The third kappa shape index (κ3) is 4.32. The maximum atomic E-state index is 13.4. The summed E-state index contributed by atoms with van der Waals surface area (Å²) in [5, 5.41) is 3.41. The molecule has 3 aliphatic rings. The van der Waals surface area contributed by atoms with Gasteiger partial charge < -0.3 is 4.74 Å². The number of nitrogens with zero attached hydrogens (tertiary/aromatic N) is 2. The number of pyridine rings is 1. The SMILES string of the molecule is CC[C@H]1CN2CCC1C[C@@H]2[C@@H](OC(=O)Cc1ccc2ccccc2c1)c1ccnc2ccccc12. The van der Waals surface area contributed by atoms with Crippen molar-refractivity contribution in [3.63, 3.8) is 0 Å². The quantitative estimate of drug-likeness (QED) is 0.313. The van der Waals surface area contributed by atoms with Gasteiger partial charge in [0.2, 0.25) is 0 Å².